The first-order chi connectivity index (χ1) is 10.5. The molecule has 0 bridgehead atoms. The van der Waals surface area contributed by atoms with Gasteiger partial charge in [-0.15, -0.1) is 0 Å². The molecule has 1 amide bonds. The van der Waals surface area contributed by atoms with E-state index in [1.807, 2.05) is 7.05 Å². The van der Waals surface area contributed by atoms with Crippen molar-refractivity contribution in [2.75, 3.05) is 33.2 Å². The first-order valence-corrected chi connectivity index (χ1v) is 7.18. The molecule has 7 nitrogen and oxygen atoms in total. The fourth-order valence-electron chi connectivity index (χ4n) is 2.19. The van der Waals surface area contributed by atoms with Gasteiger partial charge in [0.15, 0.2) is 0 Å². The Balaban J connectivity index is 1.88. The van der Waals surface area contributed by atoms with Crippen LogP contribution in [0.2, 0.25) is 0 Å². The maximum absolute atomic E-state index is 12.0. The van der Waals surface area contributed by atoms with Gasteiger partial charge >= 0.3 is 12.1 Å². The van der Waals surface area contributed by atoms with E-state index in [0.29, 0.717) is 18.8 Å². The van der Waals surface area contributed by atoms with E-state index in [1.165, 1.54) is 0 Å². The molecule has 120 valence electrons. The quantitative estimate of drug-likeness (QED) is 0.835. The number of carboxylic acid groups (broad SMARTS) is 1. The van der Waals surface area contributed by atoms with Crippen LogP contribution in [-0.2, 0) is 11.2 Å². The number of nitrogens with zero attached hydrogens (tertiary/aromatic N) is 2. The summed E-state index contributed by atoms with van der Waals surface area (Å²) in [7, 11) is 2.02. The molecule has 1 aromatic carbocycles. The number of carbonyl (C=O) groups is 2. The number of rotatable bonds is 4. The molecule has 0 aliphatic carbocycles. The second-order valence-corrected chi connectivity index (χ2v) is 5.45. The van der Waals surface area contributed by atoms with Crippen LogP contribution in [0.4, 0.5) is 4.79 Å². The first-order valence-electron chi connectivity index (χ1n) is 7.18. The number of piperazine rings is 1. The Hall–Kier alpha value is -2.12. The molecule has 1 unspecified atom stereocenters. The normalized spacial score (nSPS) is 17.1. The highest BCUT2D eigenvalue weighted by molar-refractivity contribution is 5.73. The van der Waals surface area contributed by atoms with Crippen molar-refractivity contribution < 1.29 is 19.4 Å². The zero-order chi connectivity index (χ0) is 16.1. The Kier molecular flexibility index (Phi) is 5.35. The van der Waals surface area contributed by atoms with Gasteiger partial charge < -0.3 is 25.4 Å². The van der Waals surface area contributed by atoms with Crippen LogP contribution in [0.3, 0.4) is 0 Å². The lowest BCUT2D eigenvalue weighted by atomic mass is 10.1. The number of nitrogens with two attached hydrogens (primary N) is 1. The Morgan fingerprint density at radius 3 is 2.36 bits per heavy atom. The molecule has 1 fully saturated rings. The highest BCUT2D eigenvalue weighted by Crippen LogP contribution is 2.15. The van der Waals surface area contributed by atoms with Gasteiger partial charge in [-0.1, -0.05) is 12.1 Å². The average molecular weight is 307 g/mol. The largest absolute Gasteiger partial charge is 0.480 e. The Labute approximate surface area is 129 Å². The number of carboxylic acids is 1. The van der Waals surface area contributed by atoms with Gasteiger partial charge in [-0.3, -0.25) is 4.79 Å². The van der Waals surface area contributed by atoms with Gasteiger partial charge in [0.25, 0.3) is 0 Å². The lowest BCUT2D eigenvalue weighted by molar-refractivity contribution is -0.138. The van der Waals surface area contributed by atoms with Crippen LogP contribution >= 0.6 is 0 Å². The highest BCUT2D eigenvalue weighted by atomic mass is 16.6. The molecule has 0 aromatic heterocycles. The van der Waals surface area contributed by atoms with E-state index in [-0.39, 0.29) is 12.5 Å². The van der Waals surface area contributed by atoms with Crippen LogP contribution in [0, 0.1) is 0 Å². The summed E-state index contributed by atoms with van der Waals surface area (Å²) in [6.07, 6.45) is -0.120. The van der Waals surface area contributed by atoms with Crippen molar-refractivity contribution in [1.82, 2.24) is 9.80 Å². The number of likely N-dealkylation sites (N-methyl/N-ethyl adjacent to an activating group) is 1. The second kappa shape index (κ2) is 7.24. The van der Waals surface area contributed by atoms with Crippen LogP contribution in [-0.4, -0.2) is 66.2 Å². The summed E-state index contributed by atoms with van der Waals surface area (Å²) in [5, 5.41) is 8.78. The number of ether oxygens (including phenoxy) is 1. The third kappa shape index (κ3) is 4.44. The summed E-state index contributed by atoms with van der Waals surface area (Å²) >= 11 is 0. The number of benzene rings is 1. The zero-order valence-electron chi connectivity index (χ0n) is 12.6. The summed E-state index contributed by atoms with van der Waals surface area (Å²) in [6.45, 7) is 2.98. The molecule has 1 heterocycles. The van der Waals surface area contributed by atoms with Crippen LogP contribution < -0.4 is 10.5 Å². The summed E-state index contributed by atoms with van der Waals surface area (Å²) in [6, 6.07) is 5.80. The number of hydrogen-bond acceptors (Lipinski definition) is 5. The Morgan fingerprint density at radius 2 is 1.82 bits per heavy atom. The van der Waals surface area contributed by atoms with Gasteiger partial charge in [-0.2, -0.15) is 0 Å². The fraction of sp³-hybridized carbons (Fsp3) is 0.467. The first kappa shape index (κ1) is 16.3. The van der Waals surface area contributed by atoms with Crippen molar-refractivity contribution in [1.29, 1.82) is 0 Å². The highest BCUT2D eigenvalue weighted by Gasteiger charge is 2.20. The van der Waals surface area contributed by atoms with E-state index in [2.05, 4.69) is 4.90 Å². The van der Waals surface area contributed by atoms with Gasteiger partial charge in [0, 0.05) is 26.2 Å². The zero-order valence-corrected chi connectivity index (χ0v) is 12.6. The maximum Gasteiger partial charge on any atom is 0.415 e. The molecule has 22 heavy (non-hydrogen) atoms. The van der Waals surface area contributed by atoms with E-state index in [0.717, 1.165) is 18.7 Å². The predicted molar refractivity (Wildman–Crippen MR) is 80.9 cm³/mol. The van der Waals surface area contributed by atoms with Crippen molar-refractivity contribution in [3.05, 3.63) is 29.8 Å². The van der Waals surface area contributed by atoms with Gasteiger partial charge in [0.2, 0.25) is 0 Å². The van der Waals surface area contributed by atoms with Gasteiger partial charge in [-0.25, -0.2) is 4.79 Å². The lowest BCUT2D eigenvalue weighted by Gasteiger charge is -2.31. The standard InChI is InChI=1S/C15H21N3O4/c1-17-6-8-18(9-7-17)15(21)22-12-4-2-11(3-5-12)10-13(16)14(19)20/h2-5,13H,6-10,16H2,1H3,(H,19,20). The Bertz CT molecular complexity index is 524. The molecule has 1 aliphatic heterocycles. The third-order valence-electron chi connectivity index (χ3n) is 3.66. The average Bonchev–Trinajstić information content (AvgIpc) is 2.49. The molecule has 1 saturated heterocycles. The number of carbonyl (C=O) groups excluding carboxylic acids is 1. The SMILES string of the molecule is CN1CCN(C(=O)Oc2ccc(CC(N)C(=O)O)cc2)CC1. The molecule has 1 aromatic rings. The number of hydrogen-bond donors (Lipinski definition) is 2. The molecule has 3 N–H and O–H groups in total. The van der Waals surface area contributed by atoms with E-state index in [1.54, 1.807) is 29.2 Å². The minimum absolute atomic E-state index is 0.238. The molecular weight excluding hydrogens is 286 g/mol. The van der Waals surface area contributed by atoms with Crippen molar-refractivity contribution in [2.24, 2.45) is 5.73 Å². The second-order valence-electron chi connectivity index (χ2n) is 5.45. The number of aliphatic carboxylic acids is 1. The molecule has 7 heteroatoms. The monoisotopic (exact) mass is 307 g/mol. The van der Waals surface area contributed by atoms with E-state index < -0.39 is 12.0 Å². The predicted octanol–water partition coefficient (Wildman–Crippen LogP) is 0.387. The molecule has 0 saturated carbocycles. The topological polar surface area (TPSA) is 96.1 Å². The number of amides is 1. The maximum atomic E-state index is 12.0. The van der Waals surface area contributed by atoms with E-state index in [9.17, 15) is 9.59 Å². The smallest absolute Gasteiger partial charge is 0.415 e. The van der Waals surface area contributed by atoms with Crippen molar-refractivity contribution in [3.63, 3.8) is 0 Å². The molecule has 1 atom stereocenters. The van der Waals surface area contributed by atoms with Crippen LogP contribution in [0.5, 0.6) is 5.75 Å². The van der Waals surface area contributed by atoms with Gasteiger partial charge in [-0.05, 0) is 31.2 Å². The van der Waals surface area contributed by atoms with Crippen molar-refractivity contribution >= 4 is 12.1 Å². The molecule has 0 radical (unpaired) electrons. The summed E-state index contributed by atoms with van der Waals surface area (Å²) in [4.78, 5) is 26.6. The molecule has 2 rings (SSSR count). The minimum atomic E-state index is -1.04. The molecular formula is C15H21N3O4. The third-order valence-corrected chi connectivity index (χ3v) is 3.66. The molecule has 0 spiro atoms. The van der Waals surface area contributed by atoms with Gasteiger partial charge in [0.1, 0.15) is 11.8 Å². The van der Waals surface area contributed by atoms with E-state index in [4.69, 9.17) is 15.6 Å². The van der Waals surface area contributed by atoms with Crippen molar-refractivity contribution in [2.45, 2.75) is 12.5 Å². The summed E-state index contributed by atoms with van der Waals surface area (Å²) < 4.78 is 5.32. The summed E-state index contributed by atoms with van der Waals surface area (Å²) in [5.41, 5.74) is 6.27. The lowest BCUT2D eigenvalue weighted by Crippen LogP contribution is -2.48. The Morgan fingerprint density at radius 1 is 1.23 bits per heavy atom. The van der Waals surface area contributed by atoms with Crippen LogP contribution in [0.15, 0.2) is 24.3 Å². The minimum Gasteiger partial charge on any atom is -0.480 e. The summed E-state index contributed by atoms with van der Waals surface area (Å²) in [5.74, 6) is -0.595. The van der Waals surface area contributed by atoms with E-state index >= 15 is 0 Å². The van der Waals surface area contributed by atoms with Crippen molar-refractivity contribution in [3.8, 4) is 5.75 Å². The fourth-order valence-corrected chi connectivity index (χ4v) is 2.19. The molecule has 1 aliphatic rings. The van der Waals surface area contributed by atoms with Crippen LogP contribution in [0.1, 0.15) is 5.56 Å². The van der Waals surface area contributed by atoms with Crippen LogP contribution in [0.25, 0.3) is 0 Å². The van der Waals surface area contributed by atoms with Gasteiger partial charge in [0.05, 0.1) is 0 Å².